The molecule has 4 aliphatic carbocycles. The molecule has 3 nitrogen and oxygen atoms in total. The highest BCUT2D eigenvalue weighted by molar-refractivity contribution is 6.02. The largest absolute Gasteiger partial charge is 0.497 e. The first kappa shape index (κ1) is 23.5. The molecule has 8 atom stereocenters. The Balaban J connectivity index is 1.24. The molecule has 1 N–H and O–H groups in total. The zero-order chi connectivity index (χ0) is 24.6. The lowest BCUT2D eigenvalue weighted by atomic mass is 9.45. The maximum absolute atomic E-state index is 13.9. The highest BCUT2D eigenvalue weighted by atomic mass is 16.5. The van der Waals surface area contributed by atoms with Crippen molar-refractivity contribution >= 4 is 16.6 Å². The van der Waals surface area contributed by atoms with Crippen LogP contribution in [0.4, 0.5) is 0 Å². The van der Waals surface area contributed by atoms with Gasteiger partial charge in [0.15, 0.2) is 5.78 Å². The van der Waals surface area contributed by atoms with Crippen molar-refractivity contribution in [1.29, 1.82) is 0 Å². The van der Waals surface area contributed by atoms with Gasteiger partial charge in [0, 0.05) is 11.5 Å². The van der Waals surface area contributed by atoms with Crippen LogP contribution in [0, 0.1) is 40.4 Å². The second-order valence-corrected chi connectivity index (χ2v) is 13.4. The first-order valence-corrected chi connectivity index (χ1v) is 14.0. The fraction of sp³-hybridized carbons (Fsp3) is 0.656. The summed E-state index contributed by atoms with van der Waals surface area (Å²) < 4.78 is 5.37. The molecule has 0 bridgehead atoms. The van der Waals surface area contributed by atoms with Crippen LogP contribution in [0.1, 0.15) is 88.9 Å². The average molecular weight is 475 g/mol. The van der Waals surface area contributed by atoms with Crippen LogP contribution < -0.4 is 4.74 Å². The normalized spacial score (nSPS) is 42.7. The van der Waals surface area contributed by atoms with Gasteiger partial charge in [-0.3, -0.25) is 4.79 Å². The first-order chi connectivity index (χ1) is 16.6. The molecule has 0 aliphatic heterocycles. The number of carbonyl (C=O) groups excluding carboxylic acids is 1. The van der Waals surface area contributed by atoms with E-state index in [9.17, 15) is 9.90 Å². The van der Waals surface area contributed by atoms with Gasteiger partial charge in [-0.25, -0.2) is 0 Å². The highest BCUT2D eigenvalue weighted by Crippen LogP contribution is 2.67. The van der Waals surface area contributed by atoms with Crippen molar-refractivity contribution in [2.75, 3.05) is 7.11 Å². The molecular weight excluding hydrogens is 432 g/mol. The predicted octanol–water partition coefficient (Wildman–Crippen LogP) is 7.44. The Hall–Kier alpha value is -1.87. The SMILES string of the molecule is COc1ccc2cc(C(=O)[C@H]3CC[C@H]4[C@@H]5CC[C@]6(C)C[C@](C)(O)CC[C@@H]6[C@H]5CC[C@]34C)ccc2c1. The van der Waals surface area contributed by atoms with E-state index >= 15 is 0 Å². The molecule has 2 aromatic rings. The number of ether oxygens (including phenoxy) is 1. The summed E-state index contributed by atoms with van der Waals surface area (Å²) in [7, 11) is 1.69. The maximum atomic E-state index is 13.9. The van der Waals surface area contributed by atoms with E-state index in [1.54, 1.807) is 7.11 Å². The number of benzene rings is 2. The second kappa shape index (κ2) is 8.07. The molecule has 0 radical (unpaired) electrons. The Morgan fingerprint density at radius 3 is 2.37 bits per heavy atom. The third-order valence-electron chi connectivity index (χ3n) is 11.4. The van der Waals surface area contributed by atoms with Crippen molar-refractivity contribution in [2.24, 2.45) is 40.4 Å². The van der Waals surface area contributed by atoms with Gasteiger partial charge in [-0.05, 0) is 128 Å². The zero-order valence-electron chi connectivity index (χ0n) is 22.0. The molecule has 188 valence electrons. The van der Waals surface area contributed by atoms with Gasteiger partial charge in [0.05, 0.1) is 12.7 Å². The molecule has 4 saturated carbocycles. The number of methoxy groups -OCH3 is 1. The fourth-order valence-electron chi connectivity index (χ4n) is 9.77. The summed E-state index contributed by atoms with van der Waals surface area (Å²) >= 11 is 0. The van der Waals surface area contributed by atoms with Crippen LogP contribution >= 0.6 is 0 Å². The quantitative estimate of drug-likeness (QED) is 0.470. The number of Topliss-reactive ketones (excluding diaryl/α,β-unsaturated/α-hetero) is 1. The number of aliphatic hydroxyl groups is 1. The molecule has 3 heteroatoms. The molecule has 2 aromatic carbocycles. The summed E-state index contributed by atoms with van der Waals surface area (Å²) in [6, 6.07) is 12.3. The summed E-state index contributed by atoms with van der Waals surface area (Å²) in [5.41, 5.74) is 0.804. The van der Waals surface area contributed by atoms with E-state index in [0.29, 0.717) is 11.7 Å². The number of hydrogen-bond acceptors (Lipinski definition) is 3. The molecular formula is C32H42O3. The highest BCUT2D eigenvalue weighted by Gasteiger charge is 2.60. The number of carbonyl (C=O) groups is 1. The number of fused-ring (bicyclic) bond motifs is 6. The van der Waals surface area contributed by atoms with Crippen molar-refractivity contribution in [3.63, 3.8) is 0 Å². The molecule has 0 amide bonds. The smallest absolute Gasteiger partial charge is 0.166 e. The lowest BCUT2D eigenvalue weighted by Crippen LogP contribution is -2.54. The van der Waals surface area contributed by atoms with Gasteiger partial charge in [0.2, 0.25) is 0 Å². The third-order valence-corrected chi connectivity index (χ3v) is 11.4. The molecule has 0 unspecified atom stereocenters. The summed E-state index contributed by atoms with van der Waals surface area (Å²) in [5.74, 6) is 4.32. The van der Waals surface area contributed by atoms with Crippen LogP contribution in [0.5, 0.6) is 5.75 Å². The fourth-order valence-corrected chi connectivity index (χ4v) is 9.77. The van der Waals surface area contributed by atoms with Crippen LogP contribution in [-0.2, 0) is 0 Å². The molecule has 4 fully saturated rings. The summed E-state index contributed by atoms with van der Waals surface area (Å²) in [4.78, 5) is 13.9. The Kier molecular flexibility index (Phi) is 5.42. The van der Waals surface area contributed by atoms with E-state index in [0.717, 1.165) is 59.1 Å². The van der Waals surface area contributed by atoms with Gasteiger partial charge in [-0.2, -0.15) is 0 Å². The molecule has 0 spiro atoms. The number of hydrogen-bond donors (Lipinski definition) is 1. The van der Waals surface area contributed by atoms with Crippen LogP contribution in [0.3, 0.4) is 0 Å². The van der Waals surface area contributed by atoms with E-state index in [2.05, 4.69) is 39.0 Å². The third kappa shape index (κ3) is 3.67. The lowest BCUT2D eigenvalue weighted by Gasteiger charge is -2.60. The van der Waals surface area contributed by atoms with Crippen LogP contribution in [0.25, 0.3) is 10.8 Å². The van der Waals surface area contributed by atoms with Crippen molar-refractivity contribution in [2.45, 2.75) is 84.2 Å². The molecule has 0 saturated heterocycles. The van der Waals surface area contributed by atoms with Gasteiger partial charge in [0.1, 0.15) is 5.75 Å². The van der Waals surface area contributed by atoms with Gasteiger partial charge in [-0.15, -0.1) is 0 Å². The van der Waals surface area contributed by atoms with Crippen LogP contribution in [0.15, 0.2) is 36.4 Å². The summed E-state index contributed by atoms with van der Waals surface area (Å²) in [5, 5.41) is 13.0. The minimum atomic E-state index is -0.489. The van der Waals surface area contributed by atoms with Crippen molar-refractivity contribution in [3.05, 3.63) is 42.0 Å². The summed E-state index contributed by atoms with van der Waals surface area (Å²) in [6.45, 7) is 6.97. The van der Waals surface area contributed by atoms with E-state index in [1.165, 1.54) is 38.5 Å². The van der Waals surface area contributed by atoms with Crippen molar-refractivity contribution in [1.82, 2.24) is 0 Å². The molecule has 35 heavy (non-hydrogen) atoms. The van der Waals surface area contributed by atoms with Gasteiger partial charge >= 0.3 is 0 Å². The Morgan fingerprint density at radius 2 is 1.57 bits per heavy atom. The maximum Gasteiger partial charge on any atom is 0.166 e. The van der Waals surface area contributed by atoms with E-state index in [-0.39, 0.29) is 16.7 Å². The van der Waals surface area contributed by atoms with E-state index in [4.69, 9.17) is 4.74 Å². The minimum absolute atomic E-state index is 0.126. The minimum Gasteiger partial charge on any atom is -0.497 e. The lowest BCUT2D eigenvalue weighted by molar-refractivity contribution is -0.137. The number of ketones is 1. The standard InChI is InChI=1S/C32H42O3/c1-30-14-11-25-24(26(30)13-15-31(2,34)19-30)12-16-32(3)27(25)9-10-28(32)29(33)22-6-5-21-18-23(35-4)8-7-20(21)17-22/h5-8,17-18,24-28,34H,9-16,19H2,1-4H3/t24-,25+,26+,27-,28+,30+,31+,32-/m0/s1. The van der Waals surface area contributed by atoms with Gasteiger partial charge < -0.3 is 9.84 Å². The second-order valence-electron chi connectivity index (χ2n) is 13.4. The first-order valence-electron chi connectivity index (χ1n) is 14.0. The van der Waals surface area contributed by atoms with E-state index in [1.807, 2.05) is 18.2 Å². The molecule has 0 heterocycles. The zero-order valence-corrected chi connectivity index (χ0v) is 22.0. The Morgan fingerprint density at radius 1 is 0.857 bits per heavy atom. The Labute approximate surface area is 210 Å². The molecule has 4 aliphatic rings. The number of rotatable bonds is 3. The summed E-state index contributed by atoms with van der Waals surface area (Å²) in [6.07, 6.45) is 10.3. The van der Waals surface area contributed by atoms with E-state index < -0.39 is 5.60 Å². The Bertz CT molecular complexity index is 1150. The predicted molar refractivity (Wildman–Crippen MR) is 141 cm³/mol. The molecule has 0 aromatic heterocycles. The van der Waals surface area contributed by atoms with Crippen molar-refractivity contribution in [3.8, 4) is 5.75 Å². The molecule has 6 rings (SSSR count). The topological polar surface area (TPSA) is 46.5 Å². The monoisotopic (exact) mass is 474 g/mol. The van der Waals surface area contributed by atoms with Gasteiger partial charge in [0.25, 0.3) is 0 Å². The van der Waals surface area contributed by atoms with Crippen molar-refractivity contribution < 1.29 is 14.6 Å². The average Bonchev–Trinajstić information content (AvgIpc) is 3.18. The van der Waals surface area contributed by atoms with Crippen LogP contribution in [-0.4, -0.2) is 23.6 Å². The van der Waals surface area contributed by atoms with Crippen LogP contribution in [0.2, 0.25) is 0 Å². The van der Waals surface area contributed by atoms with Gasteiger partial charge in [-0.1, -0.05) is 32.0 Å².